The summed E-state index contributed by atoms with van der Waals surface area (Å²) in [6, 6.07) is -0.0292. The minimum atomic E-state index is -0.0292. The molecule has 1 aliphatic rings. The van der Waals surface area contributed by atoms with Gasteiger partial charge in [0.1, 0.15) is 0 Å². The van der Waals surface area contributed by atoms with E-state index < -0.39 is 0 Å². The Bertz CT molecular complexity index is 181. The first kappa shape index (κ1) is 8.46. The highest BCUT2D eigenvalue weighted by Gasteiger charge is 2.15. The summed E-state index contributed by atoms with van der Waals surface area (Å²) in [4.78, 5) is 12.6. The standard InChI is InChI=1S/C7H12N2OS/c1-3-11-6-4-5-9(2)7(10)8-6/h4-6H,3H2,1-2H3,(H,8,10). The number of urea groups is 1. The Morgan fingerprint density at radius 2 is 2.55 bits per heavy atom. The van der Waals surface area contributed by atoms with E-state index in [-0.39, 0.29) is 11.4 Å². The third kappa shape index (κ3) is 2.15. The van der Waals surface area contributed by atoms with Crippen LogP contribution in [0.4, 0.5) is 4.79 Å². The van der Waals surface area contributed by atoms with Gasteiger partial charge in [-0.1, -0.05) is 6.92 Å². The van der Waals surface area contributed by atoms with Gasteiger partial charge < -0.3 is 10.2 Å². The molecule has 0 radical (unpaired) electrons. The van der Waals surface area contributed by atoms with Gasteiger partial charge in [0, 0.05) is 13.2 Å². The Hall–Kier alpha value is -0.640. The highest BCUT2D eigenvalue weighted by Crippen LogP contribution is 2.12. The fourth-order valence-corrected chi connectivity index (χ4v) is 1.55. The first-order valence-electron chi connectivity index (χ1n) is 3.57. The Balaban J connectivity index is 2.49. The van der Waals surface area contributed by atoms with E-state index in [1.165, 1.54) is 4.90 Å². The summed E-state index contributed by atoms with van der Waals surface area (Å²) >= 11 is 1.71. The van der Waals surface area contributed by atoms with E-state index in [1.807, 2.05) is 6.08 Å². The fourth-order valence-electron chi connectivity index (χ4n) is 0.823. The molecule has 3 nitrogen and oxygen atoms in total. The minimum absolute atomic E-state index is 0.0292. The van der Waals surface area contributed by atoms with Crippen molar-refractivity contribution in [3.8, 4) is 0 Å². The average molecular weight is 172 g/mol. The SMILES string of the molecule is CCSC1C=CN(C)C(=O)N1. The van der Waals surface area contributed by atoms with Crippen LogP contribution in [0.1, 0.15) is 6.92 Å². The molecule has 0 aliphatic carbocycles. The van der Waals surface area contributed by atoms with Crippen molar-refractivity contribution in [2.45, 2.75) is 12.3 Å². The number of hydrogen-bond donors (Lipinski definition) is 1. The van der Waals surface area contributed by atoms with Gasteiger partial charge in [-0.15, -0.1) is 11.8 Å². The average Bonchev–Trinajstić information content (AvgIpc) is 1.98. The molecule has 0 aromatic rings. The van der Waals surface area contributed by atoms with Crippen molar-refractivity contribution in [2.24, 2.45) is 0 Å². The zero-order valence-corrected chi connectivity index (χ0v) is 7.52. The highest BCUT2D eigenvalue weighted by molar-refractivity contribution is 8.00. The fraction of sp³-hybridized carbons (Fsp3) is 0.571. The maximum Gasteiger partial charge on any atom is 0.322 e. The van der Waals surface area contributed by atoms with E-state index in [2.05, 4.69) is 12.2 Å². The van der Waals surface area contributed by atoms with Gasteiger partial charge in [0.25, 0.3) is 0 Å². The summed E-state index contributed by atoms with van der Waals surface area (Å²) in [5.41, 5.74) is 0. The van der Waals surface area contributed by atoms with Crippen LogP contribution in [0.25, 0.3) is 0 Å². The first-order chi connectivity index (χ1) is 5.24. The predicted molar refractivity (Wildman–Crippen MR) is 47.4 cm³/mol. The maximum atomic E-state index is 11.0. The second kappa shape index (κ2) is 3.67. The number of hydrogen-bond acceptors (Lipinski definition) is 2. The van der Waals surface area contributed by atoms with Crippen molar-refractivity contribution in [1.29, 1.82) is 0 Å². The summed E-state index contributed by atoms with van der Waals surface area (Å²) in [5.74, 6) is 1.01. The summed E-state index contributed by atoms with van der Waals surface area (Å²) < 4.78 is 0. The normalized spacial score (nSPS) is 23.6. The number of carbonyl (C=O) groups is 1. The van der Waals surface area contributed by atoms with Gasteiger partial charge in [-0.2, -0.15) is 0 Å². The van der Waals surface area contributed by atoms with E-state index in [9.17, 15) is 4.79 Å². The van der Waals surface area contributed by atoms with Crippen LogP contribution in [-0.4, -0.2) is 29.1 Å². The molecule has 2 amide bonds. The third-order valence-electron chi connectivity index (χ3n) is 1.42. The predicted octanol–water partition coefficient (Wildman–Crippen LogP) is 1.23. The van der Waals surface area contributed by atoms with Crippen molar-refractivity contribution in [3.05, 3.63) is 12.3 Å². The maximum absolute atomic E-state index is 11.0. The molecule has 1 heterocycles. The minimum Gasteiger partial charge on any atom is -0.322 e. The van der Waals surface area contributed by atoms with Crippen molar-refractivity contribution in [1.82, 2.24) is 10.2 Å². The van der Waals surface area contributed by atoms with Gasteiger partial charge in [0.05, 0.1) is 5.37 Å². The van der Waals surface area contributed by atoms with Crippen LogP contribution in [0.5, 0.6) is 0 Å². The molecule has 0 aromatic carbocycles. The Morgan fingerprint density at radius 3 is 3.09 bits per heavy atom. The van der Waals surface area contributed by atoms with Crippen molar-refractivity contribution >= 4 is 17.8 Å². The van der Waals surface area contributed by atoms with E-state index in [0.29, 0.717) is 0 Å². The Morgan fingerprint density at radius 1 is 1.82 bits per heavy atom. The molecular formula is C7H12N2OS. The lowest BCUT2D eigenvalue weighted by atomic mass is 10.5. The number of nitrogens with one attached hydrogen (secondary N) is 1. The number of carbonyl (C=O) groups excluding carboxylic acids is 1. The molecule has 1 atom stereocenters. The molecule has 0 saturated heterocycles. The lowest BCUT2D eigenvalue weighted by Gasteiger charge is -2.23. The molecule has 11 heavy (non-hydrogen) atoms. The van der Waals surface area contributed by atoms with Crippen LogP contribution in [0, 0.1) is 0 Å². The van der Waals surface area contributed by atoms with E-state index in [0.717, 1.165) is 5.75 Å². The van der Waals surface area contributed by atoms with Crippen LogP contribution in [0.15, 0.2) is 12.3 Å². The second-order valence-corrected chi connectivity index (χ2v) is 3.70. The molecule has 1 N–H and O–H groups in total. The van der Waals surface area contributed by atoms with Crippen molar-refractivity contribution in [3.63, 3.8) is 0 Å². The molecule has 1 rings (SSSR count). The Labute approximate surface area is 70.8 Å². The van der Waals surface area contributed by atoms with E-state index in [1.54, 1.807) is 25.0 Å². The Kier molecular flexibility index (Phi) is 2.82. The molecule has 1 aliphatic heterocycles. The monoisotopic (exact) mass is 172 g/mol. The third-order valence-corrected chi connectivity index (χ3v) is 2.38. The van der Waals surface area contributed by atoms with E-state index in [4.69, 9.17) is 0 Å². The molecule has 0 saturated carbocycles. The van der Waals surface area contributed by atoms with Gasteiger partial charge in [-0.3, -0.25) is 0 Å². The molecule has 0 fully saturated rings. The van der Waals surface area contributed by atoms with Crippen molar-refractivity contribution < 1.29 is 4.79 Å². The van der Waals surface area contributed by atoms with Crippen LogP contribution < -0.4 is 5.32 Å². The highest BCUT2D eigenvalue weighted by atomic mass is 32.2. The van der Waals surface area contributed by atoms with Crippen LogP contribution in [0.2, 0.25) is 0 Å². The van der Waals surface area contributed by atoms with Crippen LogP contribution >= 0.6 is 11.8 Å². The largest absolute Gasteiger partial charge is 0.322 e. The zero-order chi connectivity index (χ0) is 8.27. The topological polar surface area (TPSA) is 32.3 Å². The number of thioether (sulfide) groups is 1. The number of amides is 2. The molecule has 0 spiro atoms. The van der Waals surface area contributed by atoms with Gasteiger partial charge in [0.15, 0.2) is 0 Å². The first-order valence-corrected chi connectivity index (χ1v) is 4.62. The molecule has 62 valence electrons. The molecule has 0 aromatic heterocycles. The smallest absolute Gasteiger partial charge is 0.322 e. The number of rotatable bonds is 2. The summed E-state index contributed by atoms with van der Waals surface area (Å²) in [6.07, 6.45) is 3.78. The lowest BCUT2D eigenvalue weighted by Crippen LogP contribution is -2.42. The quantitative estimate of drug-likeness (QED) is 0.679. The summed E-state index contributed by atoms with van der Waals surface area (Å²) in [7, 11) is 1.73. The van der Waals surface area contributed by atoms with Crippen LogP contribution in [-0.2, 0) is 0 Å². The summed E-state index contributed by atoms with van der Waals surface area (Å²) in [5, 5.41) is 2.99. The van der Waals surface area contributed by atoms with Gasteiger partial charge in [-0.25, -0.2) is 4.79 Å². The molecule has 4 heteroatoms. The van der Waals surface area contributed by atoms with Crippen LogP contribution in [0.3, 0.4) is 0 Å². The summed E-state index contributed by atoms with van der Waals surface area (Å²) in [6.45, 7) is 2.07. The molecular weight excluding hydrogens is 160 g/mol. The van der Waals surface area contributed by atoms with Gasteiger partial charge in [-0.05, 0) is 11.8 Å². The lowest BCUT2D eigenvalue weighted by molar-refractivity contribution is 0.220. The molecule has 0 bridgehead atoms. The second-order valence-electron chi connectivity index (χ2n) is 2.28. The van der Waals surface area contributed by atoms with E-state index >= 15 is 0 Å². The zero-order valence-electron chi connectivity index (χ0n) is 6.70. The van der Waals surface area contributed by atoms with Gasteiger partial charge in [0.2, 0.25) is 0 Å². The number of nitrogens with zero attached hydrogens (tertiary/aromatic N) is 1. The molecule has 1 unspecified atom stereocenters. The van der Waals surface area contributed by atoms with Crippen molar-refractivity contribution in [2.75, 3.05) is 12.8 Å². The van der Waals surface area contributed by atoms with Gasteiger partial charge >= 0.3 is 6.03 Å².